The molecule has 0 bridgehead atoms. The number of phenols is 1. The van der Waals surface area contributed by atoms with E-state index < -0.39 is 5.82 Å². The molecule has 0 atom stereocenters. The van der Waals surface area contributed by atoms with Gasteiger partial charge in [0.1, 0.15) is 35.1 Å². The molecular weight excluding hydrogens is 509 g/mol. The zero-order chi connectivity index (χ0) is 27.1. The topological polar surface area (TPSA) is 125 Å². The summed E-state index contributed by atoms with van der Waals surface area (Å²) in [6.45, 7) is 0.438. The first-order valence-electron chi connectivity index (χ1n) is 12.4. The molecule has 0 aliphatic rings. The maximum Gasteiger partial charge on any atom is 0.159 e. The molecule has 10 heteroatoms. The summed E-state index contributed by atoms with van der Waals surface area (Å²) in [7, 11) is 0. The Labute approximate surface area is 226 Å². The molecule has 0 fully saturated rings. The molecule has 9 nitrogen and oxygen atoms in total. The van der Waals surface area contributed by atoms with Crippen molar-refractivity contribution < 1.29 is 14.2 Å². The van der Waals surface area contributed by atoms with E-state index in [1.54, 1.807) is 30.9 Å². The molecule has 5 aromatic heterocycles. The molecular formula is C30H20FN7O2. The highest BCUT2D eigenvalue weighted by atomic mass is 19.1. The van der Waals surface area contributed by atoms with Crippen molar-refractivity contribution in [3.05, 3.63) is 103 Å². The minimum absolute atomic E-state index is 0.189. The van der Waals surface area contributed by atoms with Crippen LogP contribution in [0.2, 0.25) is 0 Å². The van der Waals surface area contributed by atoms with Gasteiger partial charge in [-0.15, -0.1) is 0 Å². The Balaban J connectivity index is 1.25. The Morgan fingerprint density at radius 3 is 2.60 bits per heavy atom. The van der Waals surface area contributed by atoms with Crippen LogP contribution < -0.4 is 4.74 Å². The lowest BCUT2D eigenvalue weighted by atomic mass is 10.1. The second-order valence-corrected chi connectivity index (χ2v) is 9.22. The number of aromatic hydroxyl groups is 1. The number of benzene rings is 2. The Bertz CT molecular complexity index is 1980. The molecule has 2 aromatic carbocycles. The summed E-state index contributed by atoms with van der Waals surface area (Å²) in [5.41, 5.74) is 5.97. The van der Waals surface area contributed by atoms with Crippen LogP contribution in [0.3, 0.4) is 0 Å². The van der Waals surface area contributed by atoms with Crippen LogP contribution in [-0.2, 0) is 6.61 Å². The number of H-pyrrole nitrogens is 2. The van der Waals surface area contributed by atoms with Crippen molar-refractivity contribution in [3.63, 3.8) is 0 Å². The maximum absolute atomic E-state index is 14.0. The summed E-state index contributed by atoms with van der Waals surface area (Å²) < 4.78 is 19.9. The molecule has 40 heavy (non-hydrogen) atoms. The van der Waals surface area contributed by atoms with Crippen molar-refractivity contribution in [2.24, 2.45) is 0 Å². The van der Waals surface area contributed by atoms with E-state index in [0.29, 0.717) is 51.8 Å². The fourth-order valence-electron chi connectivity index (χ4n) is 4.61. The van der Waals surface area contributed by atoms with Gasteiger partial charge < -0.3 is 14.8 Å². The van der Waals surface area contributed by atoms with E-state index in [-0.39, 0.29) is 5.75 Å². The van der Waals surface area contributed by atoms with Crippen molar-refractivity contribution in [1.29, 1.82) is 0 Å². The average molecular weight is 530 g/mol. The Morgan fingerprint density at radius 2 is 1.73 bits per heavy atom. The Morgan fingerprint density at radius 1 is 0.850 bits per heavy atom. The number of halogens is 1. The number of nitrogens with zero attached hydrogens (tertiary/aromatic N) is 5. The van der Waals surface area contributed by atoms with Gasteiger partial charge in [0, 0.05) is 41.3 Å². The van der Waals surface area contributed by atoms with Gasteiger partial charge in [0.15, 0.2) is 11.5 Å². The molecule has 5 heterocycles. The Kier molecular flexibility index (Phi) is 5.63. The van der Waals surface area contributed by atoms with Gasteiger partial charge in [-0.2, -0.15) is 5.10 Å². The summed E-state index contributed by atoms with van der Waals surface area (Å²) in [4.78, 5) is 21.3. The molecule has 0 saturated heterocycles. The normalized spacial score (nSPS) is 11.3. The fourth-order valence-corrected chi connectivity index (χ4v) is 4.61. The van der Waals surface area contributed by atoms with Gasteiger partial charge >= 0.3 is 0 Å². The van der Waals surface area contributed by atoms with Crippen molar-refractivity contribution >= 4 is 22.1 Å². The van der Waals surface area contributed by atoms with Crippen molar-refractivity contribution in [2.45, 2.75) is 6.61 Å². The molecule has 7 aromatic rings. The average Bonchev–Trinajstić information content (AvgIpc) is 3.60. The van der Waals surface area contributed by atoms with Crippen molar-refractivity contribution in [2.75, 3.05) is 0 Å². The first kappa shape index (κ1) is 23.5. The SMILES string of the molecule is Oc1cc(F)cc(-c2nccc3[nH]c(-c4n[nH]c5ncc(-c6cncc(OCc7ccccc7)c6)cc45)nc23)c1. The number of phenolic OH excluding ortho intramolecular Hbond substituents is 1. The molecule has 194 valence electrons. The lowest BCUT2D eigenvalue weighted by Crippen LogP contribution is -1.96. The highest BCUT2D eigenvalue weighted by molar-refractivity contribution is 5.96. The summed E-state index contributed by atoms with van der Waals surface area (Å²) in [6.07, 6.45) is 6.79. The molecule has 0 radical (unpaired) electrons. The largest absolute Gasteiger partial charge is 0.508 e. The van der Waals surface area contributed by atoms with E-state index in [1.165, 1.54) is 12.1 Å². The lowest BCUT2D eigenvalue weighted by Gasteiger charge is -2.08. The second kappa shape index (κ2) is 9.59. The van der Waals surface area contributed by atoms with Gasteiger partial charge in [-0.3, -0.25) is 15.1 Å². The summed E-state index contributed by atoms with van der Waals surface area (Å²) in [5.74, 6) is 0.388. The second-order valence-electron chi connectivity index (χ2n) is 9.22. The van der Waals surface area contributed by atoms with E-state index in [0.717, 1.165) is 28.1 Å². The third kappa shape index (κ3) is 4.37. The van der Waals surface area contributed by atoms with Gasteiger partial charge in [-0.1, -0.05) is 30.3 Å². The lowest BCUT2D eigenvalue weighted by molar-refractivity contribution is 0.305. The van der Waals surface area contributed by atoms with Crippen LogP contribution in [0.5, 0.6) is 11.5 Å². The minimum Gasteiger partial charge on any atom is -0.508 e. The predicted molar refractivity (Wildman–Crippen MR) is 148 cm³/mol. The number of aromatic amines is 2. The van der Waals surface area contributed by atoms with Crippen LogP contribution in [0.15, 0.2) is 91.5 Å². The Hall–Kier alpha value is -5.64. The number of fused-ring (bicyclic) bond motifs is 2. The smallest absolute Gasteiger partial charge is 0.159 e. The first-order valence-corrected chi connectivity index (χ1v) is 12.4. The molecule has 3 N–H and O–H groups in total. The molecule has 0 unspecified atom stereocenters. The zero-order valence-corrected chi connectivity index (χ0v) is 20.8. The first-order chi connectivity index (χ1) is 19.6. The molecule has 0 amide bonds. The third-order valence-electron chi connectivity index (χ3n) is 6.49. The van der Waals surface area contributed by atoms with Crippen molar-refractivity contribution in [3.8, 4) is 45.4 Å². The van der Waals surface area contributed by atoms with Crippen LogP contribution in [0, 0.1) is 5.82 Å². The number of nitrogens with one attached hydrogen (secondary N) is 2. The number of ether oxygens (including phenoxy) is 1. The fraction of sp³-hybridized carbons (Fsp3) is 0.0333. The highest BCUT2D eigenvalue weighted by Gasteiger charge is 2.18. The molecule has 0 aliphatic heterocycles. The summed E-state index contributed by atoms with van der Waals surface area (Å²) >= 11 is 0. The number of hydrogen-bond acceptors (Lipinski definition) is 7. The van der Waals surface area contributed by atoms with Gasteiger partial charge in [0.25, 0.3) is 0 Å². The van der Waals surface area contributed by atoms with Crippen LogP contribution in [0.1, 0.15) is 5.56 Å². The number of rotatable bonds is 6. The van der Waals surface area contributed by atoms with Crippen LogP contribution in [0.25, 0.3) is 56.0 Å². The van der Waals surface area contributed by atoms with Gasteiger partial charge in [0.2, 0.25) is 0 Å². The highest BCUT2D eigenvalue weighted by Crippen LogP contribution is 2.33. The van der Waals surface area contributed by atoms with Gasteiger partial charge in [-0.05, 0) is 35.9 Å². The zero-order valence-electron chi connectivity index (χ0n) is 20.8. The summed E-state index contributed by atoms with van der Waals surface area (Å²) in [6, 6.07) is 19.4. The molecule has 0 aliphatic carbocycles. The van der Waals surface area contributed by atoms with E-state index in [1.807, 2.05) is 42.5 Å². The third-order valence-corrected chi connectivity index (χ3v) is 6.49. The number of hydrogen-bond donors (Lipinski definition) is 3. The van der Waals surface area contributed by atoms with E-state index in [2.05, 4.69) is 30.1 Å². The molecule has 0 saturated carbocycles. The van der Waals surface area contributed by atoms with Gasteiger partial charge in [0.05, 0.1) is 22.8 Å². The number of pyridine rings is 3. The van der Waals surface area contributed by atoms with E-state index >= 15 is 0 Å². The summed E-state index contributed by atoms with van der Waals surface area (Å²) in [5, 5.41) is 18.1. The van der Waals surface area contributed by atoms with E-state index in [9.17, 15) is 9.50 Å². The minimum atomic E-state index is -0.564. The monoisotopic (exact) mass is 529 g/mol. The van der Waals surface area contributed by atoms with Crippen molar-refractivity contribution in [1.82, 2.24) is 35.1 Å². The molecule has 0 spiro atoms. The van der Waals surface area contributed by atoms with Crippen LogP contribution in [0.4, 0.5) is 4.39 Å². The standard InChI is InChI=1S/C30H20FN7O2/c31-21-8-18(9-22(39)12-21)26-28-25(6-7-33-26)35-30(36-28)27-24-11-20(14-34-29(24)38-37-27)19-10-23(15-32-13-19)40-16-17-4-2-1-3-5-17/h1-15,39H,16H2,(H,35,36)(H,34,37,38). The predicted octanol–water partition coefficient (Wildman–Crippen LogP) is 6.05. The number of imidazole rings is 1. The maximum atomic E-state index is 14.0. The quantitative estimate of drug-likeness (QED) is 0.239. The van der Waals surface area contributed by atoms with Crippen LogP contribution >= 0.6 is 0 Å². The van der Waals surface area contributed by atoms with Crippen LogP contribution in [-0.4, -0.2) is 40.2 Å². The van der Waals surface area contributed by atoms with E-state index in [4.69, 9.17) is 9.72 Å². The molecule has 7 rings (SSSR count). The number of aromatic nitrogens is 7. The van der Waals surface area contributed by atoms with Gasteiger partial charge in [-0.25, -0.2) is 14.4 Å².